The second-order valence-electron chi connectivity index (χ2n) is 4.24. The zero-order chi connectivity index (χ0) is 13.8. The Morgan fingerprint density at radius 3 is 2.74 bits per heavy atom. The fourth-order valence-corrected chi connectivity index (χ4v) is 2.27. The Morgan fingerprint density at radius 2 is 2.05 bits per heavy atom. The van der Waals surface area contributed by atoms with Gasteiger partial charge in [0.1, 0.15) is 6.07 Å². The lowest BCUT2D eigenvalue weighted by atomic mass is 10.1. The molecule has 1 N–H and O–H groups in total. The zero-order valence-electron chi connectivity index (χ0n) is 10.4. The van der Waals surface area contributed by atoms with Crippen LogP contribution in [0.25, 0.3) is 0 Å². The van der Waals surface area contributed by atoms with Crippen LogP contribution in [0.5, 0.6) is 0 Å². The molecule has 0 aliphatic carbocycles. The van der Waals surface area contributed by atoms with Gasteiger partial charge in [-0.25, -0.2) is 0 Å². The van der Waals surface area contributed by atoms with E-state index in [1.165, 1.54) is 0 Å². The van der Waals surface area contributed by atoms with E-state index in [9.17, 15) is 0 Å². The molecule has 0 aromatic heterocycles. The van der Waals surface area contributed by atoms with Crippen molar-refractivity contribution in [2.24, 2.45) is 0 Å². The summed E-state index contributed by atoms with van der Waals surface area (Å²) in [4.78, 5) is 0. The van der Waals surface area contributed by atoms with Crippen LogP contribution in [0.2, 0.25) is 5.02 Å². The Hall–Kier alpha value is -1.50. The summed E-state index contributed by atoms with van der Waals surface area (Å²) in [6.45, 7) is 2.61. The van der Waals surface area contributed by atoms with Crippen molar-refractivity contribution in [3.05, 3.63) is 62.6 Å². The largest absolute Gasteiger partial charge is 0.380 e. The first-order valence-corrected chi connectivity index (χ1v) is 6.96. The number of benzene rings is 2. The van der Waals surface area contributed by atoms with Crippen LogP contribution >= 0.6 is 27.5 Å². The molecular formula is C15H12BrClN2. The second kappa shape index (κ2) is 6.10. The molecule has 0 unspecified atom stereocenters. The van der Waals surface area contributed by atoms with E-state index in [0.29, 0.717) is 12.1 Å². The quantitative estimate of drug-likeness (QED) is 0.866. The number of hydrogen-bond acceptors (Lipinski definition) is 2. The summed E-state index contributed by atoms with van der Waals surface area (Å²) >= 11 is 9.44. The van der Waals surface area contributed by atoms with Crippen LogP contribution in [0.3, 0.4) is 0 Å². The van der Waals surface area contributed by atoms with Crippen molar-refractivity contribution >= 4 is 33.2 Å². The molecule has 0 radical (unpaired) electrons. The van der Waals surface area contributed by atoms with Gasteiger partial charge in [0, 0.05) is 16.0 Å². The molecule has 4 heteroatoms. The van der Waals surface area contributed by atoms with Gasteiger partial charge in [0.2, 0.25) is 0 Å². The molecule has 0 atom stereocenters. The van der Waals surface area contributed by atoms with E-state index in [-0.39, 0.29) is 0 Å². The minimum atomic E-state index is 0.618. The molecule has 96 valence electrons. The van der Waals surface area contributed by atoms with Gasteiger partial charge in [0.25, 0.3) is 0 Å². The summed E-state index contributed by atoms with van der Waals surface area (Å²) in [5.41, 5.74) is 3.59. The molecule has 19 heavy (non-hydrogen) atoms. The molecule has 2 rings (SSSR count). The van der Waals surface area contributed by atoms with Crippen molar-refractivity contribution in [1.29, 1.82) is 5.26 Å². The van der Waals surface area contributed by atoms with E-state index in [1.807, 2.05) is 37.3 Å². The maximum Gasteiger partial charge on any atom is 0.101 e. The van der Waals surface area contributed by atoms with Gasteiger partial charge >= 0.3 is 0 Å². The van der Waals surface area contributed by atoms with Crippen molar-refractivity contribution in [2.45, 2.75) is 13.5 Å². The Labute approximate surface area is 126 Å². The van der Waals surface area contributed by atoms with Gasteiger partial charge in [-0.15, -0.1) is 0 Å². The number of aryl methyl sites for hydroxylation is 1. The number of hydrogen-bond donors (Lipinski definition) is 1. The molecule has 0 bridgehead atoms. The van der Waals surface area contributed by atoms with E-state index in [2.05, 4.69) is 27.3 Å². The summed E-state index contributed by atoms with van der Waals surface area (Å²) in [7, 11) is 0. The molecule has 0 heterocycles. The van der Waals surface area contributed by atoms with Crippen LogP contribution < -0.4 is 5.32 Å². The first-order chi connectivity index (χ1) is 9.10. The molecule has 2 nitrogen and oxygen atoms in total. The van der Waals surface area contributed by atoms with Gasteiger partial charge in [0.15, 0.2) is 0 Å². The topological polar surface area (TPSA) is 35.8 Å². The van der Waals surface area contributed by atoms with Gasteiger partial charge in [-0.3, -0.25) is 0 Å². The molecule has 0 aliphatic heterocycles. The fraction of sp³-hybridized carbons (Fsp3) is 0.133. The molecule has 0 aliphatic rings. The Balaban J connectivity index is 2.14. The summed E-state index contributed by atoms with van der Waals surface area (Å²) < 4.78 is 0.896. The summed E-state index contributed by atoms with van der Waals surface area (Å²) in [6.07, 6.45) is 0. The van der Waals surface area contributed by atoms with Crippen molar-refractivity contribution in [2.75, 3.05) is 5.32 Å². The van der Waals surface area contributed by atoms with E-state index in [0.717, 1.165) is 26.3 Å². The van der Waals surface area contributed by atoms with Crippen LogP contribution in [0.15, 0.2) is 40.9 Å². The van der Waals surface area contributed by atoms with Crippen molar-refractivity contribution in [3.63, 3.8) is 0 Å². The maximum absolute atomic E-state index is 9.09. The molecule has 0 saturated heterocycles. The molecule has 2 aromatic carbocycles. The van der Waals surface area contributed by atoms with Gasteiger partial charge in [-0.1, -0.05) is 39.7 Å². The fourth-order valence-electron chi connectivity index (χ4n) is 1.71. The molecule has 2 aromatic rings. The molecular weight excluding hydrogens is 324 g/mol. The number of nitriles is 1. The monoisotopic (exact) mass is 334 g/mol. The van der Waals surface area contributed by atoms with E-state index in [1.54, 1.807) is 6.07 Å². The van der Waals surface area contributed by atoms with Crippen LogP contribution in [0.4, 0.5) is 5.69 Å². The highest BCUT2D eigenvalue weighted by Crippen LogP contribution is 2.22. The van der Waals surface area contributed by atoms with Crippen molar-refractivity contribution < 1.29 is 0 Å². The lowest BCUT2D eigenvalue weighted by Gasteiger charge is -2.09. The van der Waals surface area contributed by atoms with Crippen LogP contribution in [-0.4, -0.2) is 0 Å². The van der Waals surface area contributed by atoms with Gasteiger partial charge in [0.05, 0.1) is 11.3 Å². The first-order valence-electron chi connectivity index (χ1n) is 5.78. The Kier molecular flexibility index (Phi) is 4.47. The van der Waals surface area contributed by atoms with Crippen molar-refractivity contribution in [3.8, 4) is 6.07 Å². The first kappa shape index (κ1) is 13.9. The molecule has 0 saturated carbocycles. The zero-order valence-corrected chi connectivity index (χ0v) is 12.7. The van der Waals surface area contributed by atoms with Crippen LogP contribution in [0.1, 0.15) is 16.7 Å². The number of halogens is 2. The third-order valence-electron chi connectivity index (χ3n) is 2.82. The SMILES string of the molecule is Cc1ccc(CNc2ccc(Br)cc2C#N)cc1Cl. The number of nitrogens with zero attached hydrogens (tertiary/aromatic N) is 1. The minimum Gasteiger partial charge on any atom is -0.380 e. The van der Waals surface area contributed by atoms with Crippen LogP contribution in [0, 0.1) is 18.3 Å². The predicted molar refractivity (Wildman–Crippen MR) is 82.4 cm³/mol. The maximum atomic E-state index is 9.09. The number of rotatable bonds is 3. The number of nitrogens with one attached hydrogen (secondary N) is 1. The van der Waals surface area contributed by atoms with Crippen molar-refractivity contribution in [1.82, 2.24) is 0 Å². The van der Waals surface area contributed by atoms with E-state index >= 15 is 0 Å². The van der Waals surface area contributed by atoms with E-state index < -0.39 is 0 Å². The Bertz CT molecular complexity index is 647. The van der Waals surface area contributed by atoms with Gasteiger partial charge in [-0.05, 0) is 42.3 Å². The summed E-state index contributed by atoms with van der Waals surface area (Å²) in [5, 5.41) is 13.1. The third-order valence-corrected chi connectivity index (χ3v) is 3.72. The summed E-state index contributed by atoms with van der Waals surface area (Å²) in [6, 6.07) is 13.7. The molecule has 0 spiro atoms. The standard InChI is InChI=1S/C15H12BrClN2/c1-10-2-3-11(6-14(10)17)9-19-15-5-4-13(16)7-12(15)8-18/h2-7,19H,9H2,1H3. The Morgan fingerprint density at radius 1 is 1.26 bits per heavy atom. The third kappa shape index (κ3) is 3.50. The highest BCUT2D eigenvalue weighted by molar-refractivity contribution is 9.10. The minimum absolute atomic E-state index is 0.618. The normalized spacial score (nSPS) is 10.0. The average molecular weight is 336 g/mol. The lowest BCUT2D eigenvalue weighted by molar-refractivity contribution is 1.14. The summed E-state index contributed by atoms with van der Waals surface area (Å²) in [5.74, 6) is 0. The smallest absolute Gasteiger partial charge is 0.101 e. The molecule has 0 fully saturated rings. The number of anilines is 1. The van der Waals surface area contributed by atoms with Gasteiger partial charge < -0.3 is 5.32 Å². The van der Waals surface area contributed by atoms with Gasteiger partial charge in [-0.2, -0.15) is 5.26 Å². The second-order valence-corrected chi connectivity index (χ2v) is 5.56. The molecule has 0 amide bonds. The van der Waals surface area contributed by atoms with E-state index in [4.69, 9.17) is 16.9 Å². The predicted octanol–water partition coefficient (Wildman–Crippen LogP) is 4.89. The highest BCUT2D eigenvalue weighted by Gasteiger charge is 2.03. The average Bonchev–Trinajstić information content (AvgIpc) is 2.41. The lowest BCUT2D eigenvalue weighted by Crippen LogP contribution is -2.01. The highest BCUT2D eigenvalue weighted by atomic mass is 79.9. The van der Waals surface area contributed by atoms with Crippen LogP contribution in [-0.2, 0) is 6.54 Å².